The number of aliphatic hydroxyl groups is 1. The molecule has 3 heterocycles. The van der Waals surface area contributed by atoms with Crippen molar-refractivity contribution in [1.29, 1.82) is 0 Å². The topological polar surface area (TPSA) is 87.2 Å². The number of amides is 2. The number of carbonyl (C=O) groups excluding carboxylic acids is 3. The van der Waals surface area contributed by atoms with E-state index in [1.807, 2.05) is 4.90 Å². The summed E-state index contributed by atoms with van der Waals surface area (Å²) in [5, 5.41) is 9.42. The first-order valence-electron chi connectivity index (χ1n) is 11.6. The number of esters is 1. The van der Waals surface area contributed by atoms with Gasteiger partial charge in [0.1, 0.15) is 6.04 Å². The second-order valence-electron chi connectivity index (χ2n) is 8.70. The smallest absolute Gasteiger partial charge is 0.310 e. The highest BCUT2D eigenvalue weighted by molar-refractivity contribution is 8.02. The number of ether oxygens (including phenoxy) is 1. The number of unbranched alkanes of at least 4 members (excludes halogenated alkanes) is 2. The van der Waals surface area contributed by atoms with Crippen LogP contribution in [0.2, 0.25) is 0 Å². The molecule has 7 nitrogen and oxygen atoms in total. The molecule has 0 aromatic rings. The Morgan fingerprint density at radius 3 is 2.77 bits per heavy atom. The van der Waals surface area contributed by atoms with Gasteiger partial charge >= 0.3 is 5.97 Å². The highest BCUT2D eigenvalue weighted by atomic mass is 32.2. The largest absolute Gasteiger partial charge is 0.466 e. The van der Waals surface area contributed by atoms with Gasteiger partial charge in [0.05, 0.1) is 23.2 Å². The first kappa shape index (κ1) is 24.1. The first-order valence-corrected chi connectivity index (χ1v) is 12.5. The zero-order valence-electron chi connectivity index (χ0n) is 18.8. The zero-order chi connectivity index (χ0) is 22.6. The third-order valence-corrected chi connectivity index (χ3v) is 8.79. The zero-order valence-corrected chi connectivity index (χ0v) is 19.6. The Morgan fingerprint density at radius 1 is 1.35 bits per heavy atom. The highest BCUT2D eigenvalue weighted by Crippen LogP contribution is 2.66. The lowest BCUT2D eigenvalue weighted by Crippen LogP contribution is -2.55. The van der Waals surface area contributed by atoms with Crippen molar-refractivity contribution in [2.45, 2.75) is 68.4 Å². The van der Waals surface area contributed by atoms with Crippen LogP contribution in [-0.2, 0) is 19.1 Å². The maximum atomic E-state index is 13.9. The standard InChI is InChI=1S/C23H36N2O5S/c1-4-7-8-13-24(12-5-2)21(28)19-23-11-10-16(31-23)17(22(29)30-6-3)18(23)20(27)25(19)14-9-15-26/h5,16-19,26H,2,4,6-15H2,1,3H3/t16-,17+,18+,19?,23?/m1/s1. The summed E-state index contributed by atoms with van der Waals surface area (Å²) in [4.78, 5) is 43.7. The molecule has 0 saturated carbocycles. The summed E-state index contributed by atoms with van der Waals surface area (Å²) >= 11 is 1.65. The number of fused-ring (bicyclic) bond motifs is 1. The fourth-order valence-corrected chi connectivity index (χ4v) is 7.79. The van der Waals surface area contributed by atoms with Crippen molar-refractivity contribution in [3.05, 3.63) is 12.7 Å². The molecule has 8 heteroatoms. The normalized spacial score (nSPS) is 31.1. The lowest BCUT2D eigenvalue weighted by molar-refractivity contribution is -0.153. The van der Waals surface area contributed by atoms with Gasteiger partial charge in [-0.2, -0.15) is 0 Å². The van der Waals surface area contributed by atoms with Crippen LogP contribution < -0.4 is 0 Å². The van der Waals surface area contributed by atoms with Crippen molar-refractivity contribution >= 4 is 29.5 Å². The molecule has 0 aromatic heterocycles. The Labute approximate surface area is 189 Å². The number of likely N-dealkylation sites (tertiary alicyclic amines) is 1. The van der Waals surface area contributed by atoms with Gasteiger partial charge in [0.15, 0.2) is 0 Å². The average Bonchev–Trinajstić information content (AvgIpc) is 3.39. The monoisotopic (exact) mass is 452 g/mol. The van der Waals surface area contributed by atoms with Crippen molar-refractivity contribution in [3.63, 3.8) is 0 Å². The summed E-state index contributed by atoms with van der Waals surface area (Å²) in [7, 11) is 0. The minimum atomic E-state index is -0.604. The molecule has 1 spiro atoms. The number of hydrogen-bond donors (Lipinski definition) is 1. The second kappa shape index (κ2) is 10.4. The maximum absolute atomic E-state index is 13.9. The number of nitrogens with zero attached hydrogens (tertiary/aromatic N) is 2. The van der Waals surface area contributed by atoms with Crippen LogP contribution in [0.3, 0.4) is 0 Å². The van der Waals surface area contributed by atoms with Gasteiger partial charge in [-0.05, 0) is 32.6 Å². The minimum Gasteiger partial charge on any atom is -0.466 e. The Bertz CT molecular complexity index is 701. The van der Waals surface area contributed by atoms with Crippen LogP contribution in [0, 0.1) is 11.8 Å². The van der Waals surface area contributed by atoms with Crippen molar-refractivity contribution in [2.75, 3.05) is 32.8 Å². The number of hydrogen-bond acceptors (Lipinski definition) is 6. The van der Waals surface area contributed by atoms with Crippen LogP contribution in [0.15, 0.2) is 12.7 Å². The average molecular weight is 453 g/mol. The third kappa shape index (κ3) is 4.25. The Balaban J connectivity index is 1.94. The molecule has 3 fully saturated rings. The first-order chi connectivity index (χ1) is 15.0. The summed E-state index contributed by atoms with van der Waals surface area (Å²) < 4.78 is 4.74. The van der Waals surface area contributed by atoms with Crippen LogP contribution in [0.25, 0.3) is 0 Å². The summed E-state index contributed by atoms with van der Waals surface area (Å²) in [6.45, 7) is 9.34. The predicted octanol–water partition coefficient (Wildman–Crippen LogP) is 2.23. The Morgan fingerprint density at radius 2 is 2.13 bits per heavy atom. The van der Waals surface area contributed by atoms with Gasteiger partial charge in [0.25, 0.3) is 0 Å². The number of thioether (sulfide) groups is 1. The highest BCUT2D eigenvalue weighted by Gasteiger charge is 2.74. The minimum absolute atomic E-state index is 0.0243. The van der Waals surface area contributed by atoms with Crippen molar-refractivity contribution in [2.24, 2.45) is 11.8 Å². The van der Waals surface area contributed by atoms with E-state index in [1.165, 1.54) is 0 Å². The van der Waals surface area contributed by atoms with E-state index in [0.29, 0.717) is 26.1 Å². The molecule has 31 heavy (non-hydrogen) atoms. The molecule has 2 unspecified atom stereocenters. The van der Waals surface area contributed by atoms with Crippen molar-refractivity contribution in [1.82, 2.24) is 9.80 Å². The molecule has 0 aliphatic carbocycles. The fourth-order valence-electron chi connectivity index (χ4n) is 5.59. The lowest BCUT2D eigenvalue weighted by Gasteiger charge is -2.37. The van der Waals surface area contributed by atoms with E-state index in [1.54, 1.807) is 29.7 Å². The molecule has 1 N–H and O–H groups in total. The van der Waals surface area contributed by atoms with Crippen LogP contribution in [0.5, 0.6) is 0 Å². The van der Waals surface area contributed by atoms with E-state index in [9.17, 15) is 19.5 Å². The number of carbonyl (C=O) groups is 3. The van der Waals surface area contributed by atoms with Crippen molar-refractivity contribution in [3.8, 4) is 0 Å². The van der Waals surface area contributed by atoms with E-state index in [0.717, 1.165) is 32.1 Å². The van der Waals surface area contributed by atoms with E-state index in [2.05, 4.69) is 13.5 Å². The van der Waals surface area contributed by atoms with Crippen LogP contribution in [0.1, 0.15) is 52.4 Å². The quantitative estimate of drug-likeness (QED) is 0.278. The van der Waals surface area contributed by atoms with Crippen molar-refractivity contribution < 1.29 is 24.2 Å². The summed E-state index contributed by atoms with van der Waals surface area (Å²) in [5.41, 5.74) is 0. The van der Waals surface area contributed by atoms with E-state index in [-0.39, 0.29) is 36.2 Å². The molecular weight excluding hydrogens is 416 g/mol. The molecule has 3 aliphatic rings. The molecule has 0 aromatic carbocycles. The van der Waals surface area contributed by atoms with Gasteiger partial charge in [0.2, 0.25) is 11.8 Å². The molecule has 3 saturated heterocycles. The molecule has 174 valence electrons. The van der Waals surface area contributed by atoms with Crippen LogP contribution in [0.4, 0.5) is 0 Å². The maximum Gasteiger partial charge on any atom is 0.310 e. The van der Waals surface area contributed by atoms with Gasteiger partial charge in [0, 0.05) is 31.5 Å². The molecule has 5 atom stereocenters. The lowest BCUT2D eigenvalue weighted by atomic mass is 9.71. The molecule has 0 radical (unpaired) electrons. The van der Waals surface area contributed by atoms with Gasteiger partial charge < -0.3 is 19.6 Å². The number of aliphatic hydroxyl groups excluding tert-OH is 1. The SMILES string of the molecule is C=CCN(CCCCC)C(=O)C1N(CCCO)C(=O)[C@@H]2[C@@H](C(=O)OCC)[C@H]3CCC12S3. The number of rotatable bonds is 12. The van der Waals surface area contributed by atoms with E-state index in [4.69, 9.17) is 4.74 Å². The second-order valence-corrected chi connectivity index (χ2v) is 10.3. The van der Waals surface area contributed by atoms with Gasteiger partial charge in [-0.25, -0.2) is 0 Å². The van der Waals surface area contributed by atoms with Gasteiger partial charge in [-0.3, -0.25) is 14.4 Å². The fraction of sp³-hybridized carbons (Fsp3) is 0.783. The molecule has 3 rings (SSSR count). The summed E-state index contributed by atoms with van der Waals surface area (Å²) in [6.07, 6.45) is 6.71. The van der Waals surface area contributed by atoms with E-state index >= 15 is 0 Å². The van der Waals surface area contributed by atoms with Gasteiger partial charge in [-0.1, -0.05) is 25.8 Å². The third-order valence-electron chi connectivity index (χ3n) is 6.84. The summed E-state index contributed by atoms with van der Waals surface area (Å²) in [6, 6.07) is -0.604. The van der Waals surface area contributed by atoms with E-state index < -0.39 is 22.6 Å². The molecule has 3 aliphatic heterocycles. The molecule has 2 amide bonds. The Kier molecular flexibility index (Phi) is 8.08. The van der Waals surface area contributed by atoms with Gasteiger partial charge in [-0.15, -0.1) is 18.3 Å². The van der Waals surface area contributed by atoms with Crippen LogP contribution >= 0.6 is 11.8 Å². The summed E-state index contributed by atoms with van der Waals surface area (Å²) in [5.74, 6) is -1.52. The molecule has 2 bridgehead atoms. The van der Waals surface area contributed by atoms with Crippen LogP contribution in [-0.4, -0.2) is 81.6 Å². The predicted molar refractivity (Wildman–Crippen MR) is 120 cm³/mol. The molecular formula is C23H36N2O5S. The Hall–Kier alpha value is -1.54.